The molecular formula is C41H44N2O7. The van der Waals surface area contributed by atoms with Gasteiger partial charge in [-0.25, -0.2) is 14.4 Å². The molecule has 4 aromatic rings. The topological polar surface area (TPSA) is 111 Å². The van der Waals surface area contributed by atoms with Gasteiger partial charge in [-0.3, -0.25) is 9.69 Å². The summed E-state index contributed by atoms with van der Waals surface area (Å²) in [4.78, 5) is 56.1. The van der Waals surface area contributed by atoms with Gasteiger partial charge in [0, 0.05) is 18.7 Å². The van der Waals surface area contributed by atoms with Crippen LogP contribution in [0.5, 0.6) is 0 Å². The lowest BCUT2D eigenvalue weighted by molar-refractivity contribution is -0.121. The maximum absolute atomic E-state index is 14.3. The Morgan fingerprint density at radius 2 is 1.24 bits per heavy atom. The molecule has 1 unspecified atom stereocenters. The number of amides is 2. The normalized spacial score (nSPS) is 14.9. The van der Waals surface area contributed by atoms with E-state index in [-0.39, 0.29) is 36.4 Å². The van der Waals surface area contributed by atoms with Gasteiger partial charge in [-0.2, -0.15) is 0 Å². The maximum Gasteiger partial charge on any atom is 0.410 e. The molecule has 0 spiro atoms. The monoisotopic (exact) mass is 676 g/mol. The fraction of sp³-hybridized carbons (Fsp3) is 0.317. The Hall–Kier alpha value is -5.44. The van der Waals surface area contributed by atoms with E-state index < -0.39 is 35.6 Å². The van der Waals surface area contributed by atoms with E-state index in [2.05, 4.69) is 11.4 Å². The van der Waals surface area contributed by atoms with E-state index in [4.69, 9.17) is 14.2 Å². The first-order valence-electron chi connectivity index (χ1n) is 17.0. The first-order chi connectivity index (χ1) is 24.1. The summed E-state index contributed by atoms with van der Waals surface area (Å²) >= 11 is 0. The summed E-state index contributed by atoms with van der Waals surface area (Å²) in [6.45, 7) is 5.75. The lowest BCUT2D eigenvalue weighted by Gasteiger charge is -2.34. The molecule has 5 rings (SSSR count). The molecule has 1 N–H and O–H groups in total. The minimum atomic E-state index is -0.939. The molecule has 4 aromatic carbocycles. The number of nitrogens with zero attached hydrogens (tertiary/aromatic N) is 1. The third-order valence-electron chi connectivity index (χ3n) is 8.28. The number of hydrogen-bond acceptors (Lipinski definition) is 7. The van der Waals surface area contributed by atoms with Crippen molar-refractivity contribution < 1.29 is 33.4 Å². The summed E-state index contributed by atoms with van der Waals surface area (Å²) in [5, 5.41) is 2.91. The Morgan fingerprint density at radius 1 is 0.700 bits per heavy atom. The van der Waals surface area contributed by atoms with Crippen molar-refractivity contribution in [2.75, 3.05) is 11.9 Å². The highest BCUT2D eigenvalue weighted by atomic mass is 16.6. The molecular weight excluding hydrogens is 632 g/mol. The SMILES string of the molecule is CC(C)(C)OC(=O)N1CCCCCc2ccccc2CC1C(=O)Nc1cc(C(=O)OCc2ccccc2)cc(C(=O)OCc2ccccc2)c1. The van der Waals surface area contributed by atoms with Gasteiger partial charge in [0.25, 0.3) is 0 Å². The Bertz CT molecular complexity index is 1710. The van der Waals surface area contributed by atoms with Gasteiger partial charge in [-0.1, -0.05) is 91.3 Å². The second-order valence-corrected chi connectivity index (χ2v) is 13.4. The second kappa shape index (κ2) is 16.8. The number of aryl methyl sites for hydroxylation is 1. The van der Waals surface area contributed by atoms with Crippen LogP contribution in [0.15, 0.2) is 103 Å². The van der Waals surface area contributed by atoms with Gasteiger partial charge < -0.3 is 19.5 Å². The quantitative estimate of drug-likeness (QED) is 0.149. The lowest BCUT2D eigenvalue weighted by Crippen LogP contribution is -2.50. The Morgan fingerprint density at radius 3 is 1.80 bits per heavy atom. The standard InChI is InChI=1S/C41H44N2O7/c1-41(2,3)50-40(47)43-22-14-6-11-19-31-20-12-13-21-32(31)26-36(43)37(44)42-35-24-33(38(45)48-27-29-15-7-4-8-16-29)23-34(25-35)39(46)49-28-30-17-9-5-10-18-30/h4-5,7-10,12-13,15-18,20-21,23-25,36H,6,11,14,19,22,26-28H2,1-3H3,(H,42,44). The summed E-state index contributed by atoms with van der Waals surface area (Å²) in [6, 6.07) is 29.8. The van der Waals surface area contributed by atoms with Crippen molar-refractivity contribution in [3.63, 3.8) is 0 Å². The zero-order valence-electron chi connectivity index (χ0n) is 28.9. The van der Waals surface area contributed by atoms with E-state index >= 15 is 0 Å². The average Bonchev–Trinajstić information content (AvgIpc) is 3.11. The van der Waals surface area contributed by atoms with E-state index in [1.54, 1.807) is 20.8 Å². The number of fused-ring (bicyclic) bond motifs is 1. The van der Waals surface area contributed by atoms with Gasteiger partial charge in [0.05, 0.1) is 11.1 Å². The van der Waals surface area contributed by atoms with Gasteiger partial charge in [-0.15, -0.1) is 0 Å². The van der Waals surface area contributed by atoms with Crippen LogP contribution < -0.4 is 5.32 Å². The molecule has 1 heterocycles. The van der Waals surface area contributed by atoms with Crippen LogP contribution in [-0.2, 0) is 45.1 Å². The van der Waals surface area contributed by atoms with Crippen LogP contribution in [-0.4, -0.2) is 47.0 Å². The van der Waals surface area contributed by atoms with Crippen LogP contribution >= 0.6 is 0 Å². The molecule has 9 heteroatoms. The average molecular weight is 677 g/mol. The van der Waals surface area contributed by atoms with E-state index in [0.29, 0.717) is 13.0 Å². The first-order valence-corrected chi connectivity index (χ1v) is 17.0. The number of hydrogen-bond donors (Lipinski definition) is 1. The Labute approximate surface area is 293 Å². The fourth-order valence-electron chi connectivity index (χ4n) is 5.80. The number of rotatable bonds is 8. The van der Waals surface area contributed by atoms with Crippen molar-refractivity contribution in [3.8, 4) is 0 Å². The number of ether oxygens (including phenoxy) is 3. The third-order valence-corrected chi connectivity index (χ3v) is 8.28. The fourth-order valence-corrected chi connectivity index (χ4v) is 5.80. The Kier molecular flexibility index (Phi) is 12.0. The van der Waals surface area contributed by atoms with Gasteiger partial charge in [0.1, 0.15) is 24.9 Å². The van der Waals surface area contributed by atoms with Gasteiger partial charge >= 0.3 is 18.0 Å². The molecule has 260 valence electrons. The molecule has 0 saturated heterocycles. The van der Waals surface area contributed by atoms with Gasteiger partial charge in [0.2, 0.25) is 5.91 Å². The van der Waals surface area contributed by atoms with E-state index in [1.165, 1.54) is 23.1 Å². The van der Waals surface area contributed by atoms with Crippen LogP contribution in [0, 0.1) is 0 Å². The number of anilines is 1. The van der Waals surface area contributed by atoms with Crippen LogP contribution in [0.3, 0.4) is 0 Å². The molecule has 2 amide bonds. The summed E-state index contributed by atoms with van der Waals surface area (Å²) in [5.41, 5.74) is 3.23. The van der Waals surface area contributed by atoms with Crippen LogP contribution in [0.4, 0.5) is 10.5 Å². The van der Waals surface area contributed by atoms with Gasteiger partial charge in [-0.05, 0) is 80.5 Å². The molecule has 0 aromatic heterocycles. The molecule has 0 fully saturated rings. The smallest absolute Gasteiger partial charge is 0.410 e. The Balaban J connectivity index is 1.46. The van der Waals surface area contributed by atoms with Gasteiger partial charge in [0.15, 0.2) is 0 Å². The van der Waals surface area contributed by atoms with Crippen molar-refractivity contribution >= 4 is 29.6 Å². The zero-order chi connectivity index (χ0) is 35.5. The van der Waals surface area contributed by atoms with E-state index in [9.17, 15) is 19.2 Å². The molecule has 0 bridgehead atoms. The van der Waals surface area contributed by atoms with E-state index in [1.807, 2.05) is 78.9 Å². The molecule has 0 aliphatic carbocycles. The molecule has 0 radical (unpaired) electrons. The number of carbonyl (C=O) groups excluding carboxylic acids is 4. The summed E-state index contributed by atoms with van der Waals surface area (Å²) in [7, 11) is 0. The van der Waals surface area contributed by atoms with Crippen molar-refractivity contribution in [2.24, 2.45) is 0 Å². The van der Waals surface area contributed by atoms with Crippen molar-refractivity contribution in [2.45, 2.75) is 77.7 Å². The minimum Gasteiger partial charge on any atom is -0.457 e. The molecule has 9 nitrogen and oxygen atoms in total. The highest BCUT2D eigenvalue weighted by Crippen LogP contribution is 2.24. The molecule has 1 atom stereocenters. The zero-order valence-corrected chi connectivity index (χ0v) is 28.9. The number of benzene rings is 4. The molecule has 1 aliphatic rings. The van der Waals surface area contributed by atoms with Crippen LogP contribution in [0.1, 0.15) is 83.0 Å². The van der Waals surface area contributed by atoms with Crippen molar-refractivity contribution in [1.29, 1.82) is 0 Å². The predicted octanol–water partition coefficient (Wildman–Crippen LogP) is 7.91. The lowest BCUT2D eigenvalue weighted by atomic mass is 9.94. The molecule has 1 aliphatic heterocycles. The number of carbonyl (C=O) groups is 4. The highest BCUT2D eigenvalue weighted by molar-refractivity contribution is 6.01. The summed E-state index contributed by atoms with van der Waals surface area (Å²) < 4.78 is 16.9. The number of nitrogens with one attached hydrogen (secondary N) is 1. The van der Waals surface area contributed by atoms with E-state index in [0.717, 1.165) is 41.5 Å². The van der Waals surface area contributed by atoms with Crippen LogP contribution in [0.2, 0.25) is 0 Å². The largest absolute Gasteiger partial charge is 0.457 e. The highest BCUT2D eigenvalue weighted by Gasteiger charge is 2.34. The summed E-state index contributed by atoms with van der Waals surface area (Å²) in [6.07, 6.45) is 3.09. The van der Waals surface area contributed by atoms with Crippen LogP contribution in [0.25, 0.3) is 0 Å². The molecule has 50 heavy (non-hydrogen) atoms. The second-order valence-electron chi connectivity index (χ2n) is 13.4. The molecule has 0 saturated carbocycles. The first kappa shape index (κ1) is 35.9. The van der Waals surface area contributed by atoms with Crippen molar-refractivity contribution in [1.82, 2.24) is 4.90 Å². The predicted molar refractivity (Wildman–Crippen MR) is 191 cm³/mol. The number of esters is 2. The summed E-state index contributed by atoms with van der Waals surface area (Å²) in [5.74, 6) is -1.83. The maximum atomic E-state index is 14.3. The third kappa shape index (κ3) is 10.3. The minimum absolute atomic E-state index is 0.0242. The van der Waals surface area contributed by atoms with Crippen molar-refractivity contribution in [3.05, 3.63) is 137 Å².